The van der Waals surface area contributed by atoms with E-state index in [4.69, 9.17) is 4.74 Å². The third-order valence-electron chi connectivity index (χ3n) is 3.26. The van der Waals surface area contributed by atoms with Crippen LogP contribution in [0.1, 0.15) is 35.4 Å². The van der Waals surface area contributed by atoms with Crippen LogP contribution in [0, 0.1) is 22.0 Å². The molecule has 2 aromatic carbocycles. The van der Waals surface area contributed by atoms with E-state index in [1.807, 2.05) is 37.3 Å². The highest BCUT2D eigenvalue weighted by Crippen LogP contribution is 2.20. The van der Waals surface area contributed by atoms with Crippen LogP contribution < -0.4 is 0 Å². The average Bonchev–Trinajstić information content (AvgIpc) is 2.61. The van der Waals surface area contributed by atoms with Crippen molar-refractivity contribution in [1.29, 1.82) is 0 Å². The van der Waals surface area contributed by atoms with E-state index in [-0.39, 0.29) is 11.3 Å². The first-order valence-corrected chi connectivity index (χ1v) is 7.60. The lowest BCUT2D eigenvalue weighted by molar-refractivity contribution is -0.384. The molecule has 5 nitrogen and oxygen atoms in total. The minimum absolute atomic E-state index is 0.0857. The summed E-state index contributed by atoms with van der Waals surface area (Å²) in [4.78, 5) is 22.5. The van der Waals surface area contributed by atoms with Crippen molar-refractivity contribution in [3.8, 4) is 11.8 Å². The van der Waals surface area contributed by atoms with Crippen LogP contribution in [0.25, 0.3) is 0 Å². The first-order valence-electron chi connectivity index (χ1n) is 7.60. The minimum atomic E-state index is -0.719. The maximum absolute atomic E-state index is 12.3. The van der Waals surface area contributed by atoms with Gasteiger partial charge in [-0.3, -0.25) is 10.1 Å². The van der Waals surface area contributed by atoms with Gasteiger partial charge in [0.15, 0.2) is 6.10 Å². The van der Waals surface area contributed by atoms with Crippen molar-refractivity contribution >= 4 is 11.7 Å². The van der Waals surface area contributed by atoms with Gasteiger partial charge < -0.3 is 4.74 Å². The zero-order chi connectivity index (χ0) is 18.2. The van der Waals surface area contributed by atoms with E-state index in [1.54, 1.807) is 0 Å². The number of non-ortho nitro benzene ring substituents is 1. The number of carbonyl (C=O) groups is 1. The summed E-state index contributed by atoms with van der Waals surface area (Å²) in [7, 11) is 0. The maximum Gasteiger partial charge on any atom is 0.339 e. The lowest BCUT2D eigenvalue weighted by Crippen LogP contribution is -2.10. The zero-order valence-electron chi connectivity index (χ0n) is 13.8. The summed E-state index contributed by atoms with van der Waals surface area (Å²) >= 11 is 0. The average molecular weight is 335 g/mol. The first kappa shape index (κ1) is 18.0. The van der Waals surface area contributed by atoms with Crippen molar-refractivity contribution in [1.82, 2.24) is 0 Å². The van der Waals surface area contributed by atoms with Crippen LogP contribution in [0.2, 0.25) is 0 Å². The highest BCUT2D eigenvalue weighted by molar-refractivity contribution is 5.90. The Morgan fingerprint density at radius 3 is 2.40 bits per heavy atom. The summed E-state index contributed by atoms with van der Waals surface area (Å²) < 4.78 is 5.49. The summed E-state index contributed by atoms with van der Waals surface area (Å²) in [6.45, 7) is 5.66. The molecule has 0 amide bonds. The molecule has 1 unspecified atom stereocenters. The standard InChI is InChI=1S/C20H17NO4/c1-15(2)7-6-10-19(16-8-4-3-5-9-16)25-20(22)17-11-13-18(14-12-17)21(23)24/h3-5,8-9,11-14,19H,1,7H2,2H3. The molecule has 0 spiro atoms. The molecule has 0 radical (unpaired) electrons. The topological polar surface area (TPSA) is 69.4 Å². The van der Waals surface area contributed by atoms with E-state index >= 15 is 0 Å². The number of nitrogens with zero attached hydrogens (tertiary/aromatic N) is 1. The van der Waals surface area contributed by atoms with Gasteiger partial charge in [-0.2, -0.15) is 0 Å². The first-order chi connectivity index (χ1) is 12.0. The second-order valence-electron chi connectivity index (χ2n) is 5.46. The van der Waals surface area contributed by atoms with Gasteiger partial charge in [0.25, 0.3) is 5.69 Å². The van der Waals surface area contributed by atoms with Crippen molar-refractivity contribution in [3.05, 3.63) is 88.0 Å². The zero-order valence-corrected chi connectivity index (χ0v) is 13.8. The Bertz CT molecular complexity index is 829. The van der Waals surface area contributed by atoms with Crippen LogP contribution in [-0.4, -0.2) is 10.9 Å². The molecule has 0 bridgehead atoms. The van der Waals surface area contributed by atoms with Gasteiger partial charge in [0.1, 0.15) is 0 Å². The molecule has 0 aliphatic carbocycles. The number of esters is 1. The molecule has 0 aliphatic heterocycles. The SMILES string of the molecule is C=C(C)CC#CC(OC(=O)c1ccc([N+](=O)[O-])cc1)c1ccccc1. The van der Waals surface area contributed by atoms with Gasteiger partial charge in [-0.05, 0) is 19.1 Å². The molecule has 126 valence electrons. The number of rotatable bonds is 5. The Morgan fingerprint density at radius 1 is 1.20 bits per heavy atom. The van der Waals surface area contributed by atoms with Crippen LogP contribution in [0.5, 0.6) is 0 Å². The Balaban J connectivity index is 2.20. The number of hydrogen-bond donors (Lipinski definition) is 0. The monoisotopic (exact) mass is 335 g/mol. The van der Waals surface area contributed by atoms with E-state index in [0.29, 0.717) is 6.42 Å². The predicted molar refractivity (Wildman–Crippen MR) is 94.9 cm³/mol. The van der Waals surface area contributed by atoms with Gasteiger partial charge >= 0.3 is 5.97 Å². The van der Waals surface area contributed by atoms with Crippen LogP contribution in [-0.2, 0) is 4.74 Å². The van der Waals surface area contributed by atoms with Crippen LogP contribution in [0.3, 0.4) is 0 Å². The number of hydrogen-bond acceptors (Lipinski definition) is 4. The number of ether oxygens (including phenoxy) is 1. The molecule has 0 saturated carbocycles. The molecule has 1 atom stereocenters. The number of carbonyl (C=O) groups excluding carboxylic acids is 1. The van der Waals surface area contributed by atoms with Gasteiger partial charge in [0.05, 0.1) is 10.5 Å². The van der Waals surface area contributed by atoms with Crippen molar-refractivity contribution in [2.45, 2.75) is 19.4 Å². The summed E-state index contributed by atoms with van der Waals surface area (Å²) in [5, 5.41) is 10.7. The molecule has 0 saturated heterocycles. The molecular formula is C20H17NO4. The molecule has 0 fully saturated rings. The number of benzene rings is 2. The Kier molecular flexibility index (Phi) is 6.08. The van der Waals surface area contributed by atoms with E-state index in [9.17, 15) is 14.9 Å². The lowest BCUT2D eigenvalue weighted by atomic mass is 10.1. The predicted octanol–water partition coefficient (Wildman–Crippen LogP) is 4.46. The van der Waals surface area contributed by atoms with Crippen LogP contribution in [0.4, 0.5) is 5.69 Å². The van der Waals surface area contributed by atoms with E-state index in [1.165, 1.54) is 24.3 Å². The molecule has 25 heavy (non-hydrogen) atoms. The second kappa shape index (κ2) is 8.46. The normalized spacial score (nSPS) is 10.9. The molecule has 2 rings (SSSR count). The van der Waals surface area contributed by atoms with Gasteiger partial charge in [-0.15, -0.1) is 0 Å². The van der Waals surface area contributed by atoms with Crippen LogP contribution in [0.15, 0.2) is 66.7 Å². The summed E-state index contributed by atoms with van der Waals surface area (Å²) in [5.41, 5.74) is 1.82. The largest absolute Gasteiger partial charge is 0.441 e. The van der Waals surface area contributed by atoms with Crippen molar-refractivity contribution in [2.24, 2.45) is 0 Å². The van der Waals surface area contributed by atoms with Crippen molar-refractivity contribution in [3.63, 3.8) is 0 Å². The fourth-order valence-electron chi connectivity index (χ4n) is 2.00. The van der Waals surface area contributed by atoms with Gasteiger partial charge in [0.2, 0.25) is 0 Å². The van der Waals surface area contributed by atoms with Crippen molar-refractivity contribution in [2.75, 3.05) is 0 Å². The Morgan fingerprint density at radius 2 is 1.84 bits per heavy atom. The van der Waals surface area contributed by atoms with Gasteiger partial charge in [0, 0.05) is 24.1 Å². The number of nitro groups is 1. The fourth-order valence-corrected chi connectivity index (χ4v) is 2.00. The summed E-state index contributed by atoms with van der Waals surface area (Å²) in [5.74, 6) is 5.29. The molecule has 0 aliphatic rings. The highest BCUT2D eigenvalue weighted by atomic mass is 16.6. The molecular weight excluding hydrogens is 318 g/mol. The van der Waals surface area contributed by atoms with Gasteiger partial charge in [-0.25, -0.2) is 4.79 Å². The lowest BCUT2D eigenvalue weighted by Gasteiger charge is -2.13. The van der Waals surface area contributed by atoms with Crippen LogP contribution >= 0.6 is 0 Å². The van der Waals surface area contributed by atoms with Gasteiger partial charge in [-0.1, -0.05) is 54.3 Å². The molecule has 0 N–H and O–H groups in total. The van der Waals surface area contributed by atoms with E-state index < -0.39 is 17.0 Å². The minimum Gasteiger partial charge on any atom is -0.441 e. The summed E-state index contributed by atoms with van der Waals surface area (Å²) in [6, 6.07) is 14.4. The quantitative estimate of drug-likeness (QED) is 0.266. The number of allylic oxidation sites excluding steroid dienone is 1. The van der Waals surface area contributed by atoms with E-state index in [0.717, 1.165) is 11.1 Å². The van der Waals surface area contributed by atoms with Crippen molar-refractivity contribution < 1.29 is 14.5 Å². The molecule has 0 heterocycles. The summed E-state index contributed by atoms with van der Waals surface area (Å²) in [6.07, 6.45) is -0.207. The highest BCUT2D eigenvalue weighted by Gasteiger charge is 2.17. The smallest absolute Gasteiger partial charge is 0.339 e. The molecule has 5 heteroatoms. The Labute approximate surface area is 146 Å². The fraction of sp³-hybridized carbons (Fsp3) is 0.150. The maximum atomic E-state index is 12.3. The molecule has 2 aromatic rings. The third-order valence-corrected chi connectivity index (χ3v) is 3.26. The Hall–Kier alpha value is -3.39. The number of nitro benzene ring substituents is 1. The van der Waals surface area contributed by atoms with E-state index in [2.05, 4.69) is 18.4 Å². The second-order valence-corrected chi connectivity index (χ2v) is 5.46. The molecule has 0 aromatic heterocycles. The third kappa shape index (κ3) is 5.33.